The number of benzene rings is 1. The number of ether oxygens (including phenoxy) is 1. The molecule has 0 radical (unpaired) electrons. The molecule has 6 rings (SSSR count). The monoisotopic (exact) mass is 680 g/mol. The summed E-state index contributed by atoms with van der Waals surface area (Å²) in [4.78, 5) is 16.4. The quantitative estimate of drug-likeness (QED) is 0.234. The number of nitrogens with zero attached hydrogens (tertiary/aromatic N) is 4. The molecule has 1 saturated carbocycles. The van der Waals surface area contributed by atoms with Gasteiger partial charge in [-0.25, -0.2) is 23.1 Å². The summed E-state index contributed by atoms with van der Waals surface area (Å²) in [5.41, 5.74) is 3.91. The molecule has 3 aliphatic rings. The molecule has 1 aliphatic heterocycles. The Morgan fingerprint density at radius 1 is 0.980 bits per heavy atom. The highest BCUT2D eigenvalue weighted by Gasteiger charge is 2.43. The van der Waals surface area contributed by atoms with Crippen LogP contribution in [0.4, 0.5) is 19.1 Å². The Kier molecular flexibility index (Phi) is 10.0. The van der Waals surface area contributed by atoms with E-state index in [9.17, 15) is 19.0 Å². The minimum atomic E-state index is -2.73. The summed E-state index contributed by atoms with van der Waals surface area (Å²) in [5, 5.41) is 21.6. The van der Waals surface area contributed by atoms with E-state index in [1.54, 1.807) is 38.4 Å². The number of aryl methyl sites for hydroxylation is 1. The lowest BCUT2D eigenvalue weighted by molar-refractivity contribution is -0.0385. The van der Waals surface area contributed by atoms with E-state index in [2.05, 4.69) is 28.7 Å². The Hall–Kier alpha value is -3.24. The van der Waals surface area contributed by atoms with Crippen LogP contribution in [0, 0.1) is 12.3 Å². The van der Waals surface area contributed by atoms with Crippen molar-refractivity contribution >= 4 is 5.95 Å². The van der Waals surface area contributed by atoms with E-state index >= 15 is 4.39 Å². The molecular weight excluding hydrogens is 629 g/mol. The molecule has 0 spiro atoms. The lowest BCUT2D eigenvalue weighted by atomic mass is 9.68. The number of anilines is 1. The molecule has 10 heteroatoms. The van der Waals surface area contributed by atoms with Crippen LogP contribution in [0.5, 0.6) is 5.75 Å². The number of piperidine rings is 1. The third kappa shape index (κ3) is 8.22. The van der Waals surface area contributed by atoms with Crippen LogP contribution in [0.1, 0.15) is 142 Å². The van der Waals surface area contributed by atoms with Gasteiger partial charge in [-0.3, -0.25) is 4.98 Å². The number of hydrogen-bond acceptors (Lipinski definition) is 7. The molecule has 49 heavy (non-hydrogen) atoms. The summed E-state index contributed by atoms with van der Waals surface area (Å²) in [6, 6.07) is 7.40. The molecule has 2 aliphatic carbocycles. The molecule has 0 unspecified atom stereocenters. The van der Waals surface area contributed by atoms with Crippen molar-refractivity contribution in [2.24, 2.45) is 5.41 Å². The second kappa shape index (κ2) is 13.8. The number of aromatic nitrogens is 3. The molecule has 2 N–H and O–H groups in total. The van der Waals surface area contributed by atoms with Crippen molar-refractivity contribution in [2.75, 3.05) is 24.6 Å². The fourth-order valence-corrected chi connectivity index (χ4v) is 7.93. The molecule has 1 aromatic carbocycles. The van der Waals surface area contributed by atoms with Crippen molar-refractivity contribution in [1.29, 1.82) is 0 Å². The highest BCUT2D eigenvalue weighted by molar-refractivity contribution is 5.51. The first kappa shape index (κ1) is 35.6. The Morgan fingerprint density at radius 2 is 1.61 bits per heavy atom. The number of pyridine rings is 1. The molecule has 2 atom stereocenters. The third-order valence-corrected chi connectivity index (χ3v) is 10.7. The molecule has 7 nitrogen and oxygen atoms in total. The molecule has 3 aromatic rings. The van der Waals surface area contributed by atoms with Crippen molar-refractivity contribution < 1.29 is 28.1 Å². The average molecular weight is 681 g/mol. The van der Waals surface area contributed by atoms with Gasteiger partial charge in [0.25, 0.3) is 0 Å². The molecule has 2 aromatic heterocycles. The highest BCUT2D eigenvalue weighted by atomic mass is 19.3. The van der Waals surface area contributed by atoms with Gasteiger partial charge < -0.3 is 19.8 Å². The second-order valence-corrected chi connectivity index (χ2v) is 16.0. The first-order chi connectivity index (χ1) is 23.1. The van der Waals surface area contributed by atoms with Gasteiger partial charge in [-0.15, -0.1) is 0 Å². The van der Waals surface area contributed by atoms with E-state index in [0.29, 0.717) is 85.9 Å². The van der Waals surface area contributed by atoms with Crippen LogP contribution in [-0.2, 0) is 6.42 Å². The number of halogens is 3. The van der Waals surface area contributed by atoms with Crippen LogP contribution in [-0.4, -0.2) is 56.4 Å². The largest absolute Gasteiger partial charge is 0.490 e. The van der Waals surface area contributed by atoms with Gasteiger partial charge in [-0.2, -0.15) is 0 Å². The smallest absolute Gasteiger partial charge is 0.248 e. The van der Waals surface area contributed by atoms with Crippen molar-refractivity contribution in [2.45, 2.75) is 128 Å². The van der Waals surface area contributed by atoms with Crippen molar-refractivity contribution in [3.8, 4) is 5.75 Å². The molecule has 266 valence electrons. The van der Waals surface area contributed by atoms with E-state index in [0.717, 1.165) is 16.8 Å². The van der Waals surface area contributed by atoms with Crippen LogP contribution < -0.4 is 9.64 Å². The average Bonchev–Trinajstić information content (AvgIpc) is 3.03. The number of aliphatic hydroxyl groups is 2. The maximum Gasteiger partial charge on any atom is 0.248 e. The zero-order chi connectivity index (χ0) is 35.1. The Balaban J connectivity index is 1.34. The van der Waals surface area contributed by atoms with Crippen LogP contribution in [0.25, 0.3) is 0 Å². The number of alkyl halides is 3. The van der Waals surface area contributed by atoms with Crippen LogP contribution >= 0.6 is 0 Å². The number of fused-ring (bicyclic) bond motifs is 1. The van der Waals surface area contributed by atoms with E-state index in [1.165, 1.54) is 0 Å². The standard InChI is InChI=1S/C39H51F3N4O3/c1-24-6-8-26(9-7-24)34(40)33-31(25-10-14-39(41,42)15-11-25)32-29(20-37(2,3)21-30(32)47)45-35(33)27-12-17-46(18-13-27)36-43-22-28(23-44-36)49-19-16-38(4,5)48/h6-9,22-23,25,27,30,34,47-48H,10-21H2,1-5H3/t30-,34-/m0/s1. The van der Waals surface area contributed by atoms with E-state index < -0.39 is 23.8 Å². The molecule has 1 saturated heterocycles. The van der Waals surface area contributed by atoms with E-state index in [-0.39, 0.29) is 42.9 Å². The predicted molar refractivity (Wildman–Crippen MR) is 184 cm³/mol. The zero-order valence-corrected chi connectivity index (χ0v) is 29.5. The van der Waals surface area contributed by atoms with Crippen LogP contribution in [0.2, 0.25) is 0 Å². The molecule has 0 bridgehead atoms. The van der Waals surface area contributed by atoms with Crippen LogP contribution in [0.3, 0.4) is 0 Å². The summed E-state index contributed by atoms with van der Waals surface area (Å²) < 4.78 is 51.9. The summed E-state index contributed by atoms with van der Waals surface area (Å²) in [6.07, 6.45) is 4.00. The minimum Gasteiger partial charge on any atom is -0.490 e. The topological polar surface area (TPSA) is 91.6 Å². The second-order valence-electron chi connectivity index (χ2n) is 16.0. The predicted octanol–water partition coefficient (Wildman–Crippen LogP) is 8.46. The van der Waals surface area contributed by atoms with Gasteiger partial charge in [0.15, 0.2) is 11.9 Å². The fraction of sp³-hybridized carbons (Fsp3) is 0.615. The zero-order valence-electron chi connectivity index (χ0n) is 29.5. The lowest BCUT2D eigenvalue weighted by Crippen LogP contribution is -2.36. The molecule has 3 heterocycles. The molecule has 2 fully saturated rings. The van der Waals surface area contributed by atoms with Gasteiger partial charge in [0.1, 0.15) is 0 Å². The Morgan fingerprint density at radius 3 is 2.22 bits per heavy atom. The lowest BCUT2D eigenvalue weighted by Gasteiger charge is -2.41. The molecule has 0 amide bonds. The third-order valence-electron chi connectivity index (χ3n) is 10.7. The number of rotatable bonds is 9. The number of hydrogen-bond donors (Lipinski definition) is 2. The maximum absolute atomic E-state index is 17.2. The maximum atomic E-state index is 17.2. The van der Waals surface area contributed by atoms with Gasteiger partial charge in [0, 0.05) is 55.1 Å². The van der Waals surface area contributed by atoms with E-state index in [1.807, 2.05) is 19.1 Å². The summed E-state index contributed by atoms with van der Waals surface area (Å²) in [7, 11) is 0. The van der Waals surface area contributed by atoms with Gasteiger partial charge in [-0.1, -0.05) is 43.7 Å². The highest BCUT2D eigenvalue weighted by Crippen LogP contribution is 2.52. The van der Waals surface area contributed by atoms with Crippen LogP contribution in [0.15, 0.2) is 36.7 Å². The van der Waals surface area contributed by atoms with Crippen molar-refractivity contribution in [3.63, 3.8) is 0 Å². The first-order valence-corrected chi connectivity index (χ1v) is 17.8. The SMILES string of the molecule is Cc1ccc([C@H](F)c2c(C3CCN(c4ncc(OCCC(C)(C)O)cn4)CC3)nc3c(c2C2CCC(F)(F)CC2)[C@@H](O)CC(C)(C)C3)cc1. The van der Waals surface area contributed by atoms with Crippen molar-refractivity contribution in [3.05, 3.63) is 75.9 Å². The summed E-state index contributed by atoms with van der Waals surface area (Å²) >= 11 is 0. The Bertz CT molecular complexity index is 1590. The summed E-state index contributed by atoms with van der Waals surface area (Å²) in [6.45, 7) is 11.3. The van der Waals surface area contributed by atoms with E-state index in [4.69, 9.17) is 9.72 Å². The normalized spacial score (nSPS) is 22.1. The number of aliphatic hydroxyl groups excluding tert-OH is 1. The van der Waals surface area contributed by atoms with Gasteiger partial charge in [0.05, 0.1) is 36.4 Å². The van der Waals surface area contributed by atoms with Gasteiger partial charge in [-0.05, 0) is 81.8 Å². The Labute approximate surface area is 288 Å². The first-order valence-electron chi connectivity index (χ1n) is 17.8. The van der Waals surface area contributed by atoms with Gasteiger partial charge >= 0.3 is 0 Å². The van der Waals surface area contributed by atoms with Crippen molar-refractivity contribution in [1.82, 2.24) is 15.0 Å². The fourth-order valence-electron chi connectivity index (χ4n) is 7.93. The summed E-state index contributed by atoms with van der Waals surface area (Å²) in [5.74, 6) is -1.94. The molecular formula is C39H51F3N4O3. The van der Waals surface area contributed by atoms with Gasteiger partial charge in [0.2, 0.25) is 11.9 Å². The minimum absolute atomic E-state index is 0.0596.